The Morgan fingerprint density at radius 1 is 1.40 bits per heavy atom. The van der Waals surface area contributed by atoms with Gasteiger partial charge in [0.1, 0.15) is 0 Å². The van der Waals surface area contributed by atoms with Gasteiger partial charge < -0.3 is 5.73 Å². The standard InChI is InChI=1S/C10H22N2O2S/c1-10(2,3)8-15(13,14)12-6-4-5-9(11)7-12/h9H,4-8,11H2,1-3H3/t9-/m1/s1. The van der Waals surface area contributed by atoms with Crippen molar-refractivity contribution in [2.45, 2.75) is 39.7 Å². The lowest BCUT2D eigenvalue weighted by Crippen LogP contribution is -2.47. The summed E-state index contributed by atoms with van der Waals surface area (Å²) in [6.07, 6.45) is 1.81. The van der Waals surface area contributed by atoms with Crippen LogP contribution in [0.5, 0.6) is 0 Å². The molecular weight excluding hydrogens is 212 g/mol. The number of nitrogens with two attached hydrogens (primary N) is 1. The van der Waals surface area contributed by atoms with Crippen molar-refractivity contribution in [3.05, 3.63) is 0 Å². The maximum absolute atomic E-state index is 12.0. The summed E-state index contributed by atoms with van der Waals surface area (Å²) in [6.45, 7) is 6.93. The minimum atomic E-state index is -3.12. The summed E-state index contributed by atoms with van der Waals surface area (Å²) in [5.41, 5.74) is 5.59. The third kappa shape index (κ3) is 4.09. The first-order valence-corrected chi connectivity index (χ1v) is 7.05. The van der Waals surface area contributed by atoms with Crippen LogP contribution in [0, 0.1) is 5.41 Å². The van der Waals surface area contributed by atoms with Crippen molar-refractivity contribution in [3.63, 3.8) is 0 Å². The molecule has 1 heterocycles. The summed E-state index contributed by atoms with van der Waals surface area (Å²) < 4.78 is 25.6. The zero-order valence-electron chi connectivity index (χ0n) is 9.86. The zero-order chi connectivity index (χ0) is 11.7. The van der Waals surface area contributed by atoms with E-state index in [0.717, 1.165) is 12.8 Å². The van der Waals surface area contributed by atoms with Crippen LogP contribution in [-0.2, 0) is 10.0 Å². The molecule has 4 nitrogen and oxygen atoms in total. The van der Waals surface area contributed by atoms with Crippen LogP contribution in [0.1, 0.15) is 33.6 Å². The highest BCUT2D eigenvalue weighted by atomic mass is 32.2. The Morgan fingerprint density at radius 3 is 2.47 bits per heavy atom. The van der Waals surface area contributed by atoms with Crippen LogP contribution in [0.25, 0.3) is 0 Å². The van der Waals surface area contributed by atoms with Crippen LogP contribution < -0.4 is 5.73 Å². The van der Waals surface area contributed by atoms with Crippen molar-refractivity contribution in [1.82, 2.24) is 4.31 Å². The highest BCUT2D eigenvalue weighted by molar-refractivity contribution is 7.89. The first kappa shape index (κ1) is 12.9. The summed E-state index contributed by atoms with van der Waals surface area (Å²) in [7, 11) is -3.12. The van der Waals surface area contributed by atoms with E-state index in [1.165, 1.54) is 0 Å². The largest absolute Gasteiger partial charge is 0.327 e. The third-order valence-electron chi connectivity index (χ3n) is 2.43. The van der Waals surface area contributed by atoms with Crippen LogP contribution in [0.3, 0.4) is 0 Å². The van der Waals surface area contributed by atoms with Crippen LogP contribution in [0.2, 0.25) is 0 Å². The summed E-state index contributed by atoms with van der Waals surface area (Å²) in [5, 5.41) is 0. The molecule has 0 bridgehead atoms. The van der Waals surface area contributed by atoms with Gasteiger partial charge in [-0.25, -0.2) is 12.7 Å². The summed E-state index contributed by atoms with van der Waals surface area (Å²) >= 11 is 0. The van der Waals surface area contributed by atoms with Gasteiger partial charge >= 0.3 is 0 Å². The summed E-state index contributed by atoms with van der Waals surface area (Å²) in [5.74, 6) is 0.201. The molecule has 0 aromatic heterocycles. The average Bonchev–Trinajstić information content (AvgIpc) is 1.99. The molecule has 15 heavy (non-hydrogen) atoms. The summed E-state index contributed by atoms with van der Waals surface area (Å²) in [4.78, 5) is 0. The minimum Gasteiger partial charge on any atom is -0.327 e. The molecule has 0 aromatic rings. The monoisotopic (exact) mass is 234 g/mol. The fourth-order valence-corrected chi connectivity index (χ4v) is 3.97. The van der Waals surface area contributed by atoms with E-state index in [9.17, 15) is 8.42 Å². The molecule has 1 rings (SSSR count). The minimum absolute atomic E-state index is 0.00786. The van der Waals surface area contributed by atoms with Crippen molar-refractivity contribution in [2.75, 3.05) is 18.8 Å². The molecule has 5 heteroatoms. The molecule has 0 unspecified atom stereocenters. The second-order valence-corrected chi connectivity index (χ2v) is 7.55. The Kier molecular flexibility index (Phi) is 3.79. The Labute approximate surface area is 92.9 Å². The van der Waals surface area contributed by atoms with Crippen molar-refractivity contribution in [3.8, 4) is 0 Å². The molecule has 0 aromatic carbocycles. The van der Waals surface area contributed by atoms with Crippen molar-refractivity contribution in [1.29, 1.82) is 0 Å². The molecule has 1 saturated heterocycles. The molecule has 0 saturated carbocycles. The van der Waals surface area contributed by atoms with Gasteiger partial charge in [0.2, 0.25) is 10.0 Å². The predicted molar refractivity (Wildman–Crippen MR) is 62.0 cm³/mol. The Bertz CT molecular complexity index is 306. The quantitative estimate of drug-likeness (QED) is 0.768. The van der Waals surface area contributed by atoms with E-state index in [4.69, 9.17) is 5.73 Å². The van der Waals surface area contributed by atoms with E-state index < -0.39 is 10.0 Å². The molecule has 1 fully saturated rings. The van der Waals surface area contributed by atoms with Gasteiger partial charge in [-0.15, -0.1) is 0 Å². The second kappa shape index (κ2) is 4.39. The Hall–Kier alpha value is -0.130. The van der Waals surface area contributed by atoms with Gasteiger partial charge in [-0.05, 0) is 18.3 Å². The lowest BCUT2D eigenvalue weighted by Gasteiger charge is -2.32. The number of hydrogen-bond acceptors (Lipinski definition) is 3. The molecule has 0 radical (unpaired) electrons. The third-order valence-corrected chi connectivity index (χ3v) is 4.78. The highest BCUT2D eigenvalue weighted by Crippen LogP contribution is 2.21. The number of sulfonamides is 1. The van der Waals surface area contributed by atoms with Gasteiger partial charge in [0.25, 0.3) is 0 Å². The lowest BCUT2D eigenvalue weighted by atomic mass is 10.0. The fraction of sp³-hybridized carbons (Fsp3) is 1.00. The van der Waals surface area contributed by atoms with Crippen LogP contribution in [0.4, 0.5) is 0 Å². The van der Waals surface area contributed by atoms with Crippen LogP contribution in [0.15, 0.2) is 0 Å². The van der Waals surface area contributed by atoms with Gasteiger partial charge in [-0.2, -0.15) is 0 Å². The van der Waals surface area contributed by atoms with Gasteiger partial charge in [-0.1, -0.05) is 20.8 Å². The smallest absolute Gasteiger partial charge is 0.214 e. The number of piperidine rings is 1. The van der Waals surface area contributed by atoms with Crippen LogP contribution >= 0.6 is 0 Å². The van der Waals surface area contributed by atoms with Gasteiger partial charge in [0.05, 0.1) is 5.75 Å². The number of rotatable bonds is 2. The zero-order valence-corrected chi connectivity index (χ0v) is 10.7. The van der Waals surface area contributed by atoms with Crippen molar-refractivity contribution in [2.24, 2.45) is 11.1 Å². The van der Waals surface area contributed by atoms with Crippen LogP contribution in [-0.4, -0.2) is 37.6 Å². The number of hydrogen-bond donors (Lipinski definition) is 1. The van der Waals surface area contributed by atoms with E-state index in [-0.39, 0.29) is 17.2 Å². The fourth-order valence-electron chi connectivity index (χ4n) is 1.87. The first-order chi connectivity index (χ1) is 6.71. The normalized spacial score (nSPS) is 25.5. The highest BCUT2D eigenvalue weighted by Gasteiger charge is 2.30. The van der Waals surface area contributed by atoms with Crippen molar-refractivity contribution >= 4 is 10.0 Å². The molecule has 1 aliphatic heterocycles. The predicted octanol–water partition coefficient (Wildman–Crippen LogP) is 0.785. The molecule has 90 valence electrons. The molecule has 2 N–H and O–H groups in total. The molecule has 0 aliphatic carbocycles. The second-order valence-electron chi connectivity index (χ2n) is 5.58. The number of nitrogens with zero attached hydrogens (tertiary/aromatic N) is 1. The first-order valence-electron chi connectivity index (χ1n) is 5.44. The molecule has 0 spiro atoms. The topological polar surface area (TPSA) is 63.4 Å². The van der Waals surface area contributed by atoms with E-state index in [2.05, 4.69) is 0 Å². The lowest BCUT2D eigenvalue weighted by molar-refractivity contribution is 0.310. The molecule has 1 aliphatic rings. The maximum Gasteiger partial charge on any atom is 0.214 e. The van der Waals surface area contributed by atoms with Gasteiger partial charge in [0, 0.05) is 19.1 Å². The van der Waals surface area contributed by atoms with Crippen molar-refractivity contribution < 1.29 is 8.42 Å². The molecule has 1 atom stereocenters. The maximum atomic E-state index is 12.0. The Balaban J connectivity index is 2.69. The van der Waals surface area contributed by atoms with E-state index in [0.29, 0.717) is 13.1 Å². The molecular formula is C10H22N2O2S. The molecule has 0 amide bonds. The Morgan fingerprint density at radius 2 is 2.00 bits per heavy atom. The van der Waals surface area contributed by atoms with E-state index in [1.54, 1.807) is 4.31 Å². The van der Waals surface area contributed by atoms with Gasteiger partial charge in [0.15, 0.2) is 0 Å². The average molecular weight is 234 g/mol. The van der Waals surface area contributed by atoms with E-state index in [1.807, 2.05) is 20.8 Å². The SMILES string of the molecule is CC(C)(C)CS(=O)(=O)N1CCC[C@@H](N)C1. The van der Waals surface area contributed by atoms with E-state index >= 15 is 0 Å². The summed E-state index contributed by atoms with van der Waals surface area (Å²) in [6, 6.07) is 0.00786. The van der Waals surface area contributed by atoms with Gasteiger partial charge in [-0.3, -0.25) is 0 Å².